The second-order valence-electron chi connectivity index (χ2n) is 6.24. The molecule has 0 radical (unpaired) electrons. The van der Waals surface area contributed by atoms with Gasteiger partial charge in [-0.2, -0.15) is 0 Å². The summed E-state index contributed by atoms with van der Waals surface area (Å²) < 4.78 is 0. The molecule has 0 fully saturated rings. The van der Waals surface area contributed by atoms with Gasteiger partial charge in [0, 0.05) is 16.3 Å². The summed E-state index contributed by atoms with van der Waals surface area (Å²) in [5.41, 5.74) is 2.85. The van der Waals surface area contributed by atoms with Gasteiger partial charge in [-0.3, -0.25) is 9.59 Å². The van der Waals surface area contributed by atoms with Gasteiger partial charge >= 0.3 is 0 Å². The Bertz CT molecular complexity index is 764. The van der Waals surface area contributed by atoms with Crippen LogP contribution in [-0.2, 0) is 22.6 Å². The predicted octanol–water partition coefficient (Wildman–Crippen LogP) is 1.67. The molecule has 0 aliphatic heterocycles. The van der Waals surface area contributed by atoms with Gasteiger partial charge < -0.3 is 15.5 Å². The zero-order chi connectivity index (χ0) is 18.9. The van der Waals surface area contributed by atoms with Crippen LogP contribution < -0.4 is 15.5 Å². The van der Waals surface area contributed by atoms with Crippen LogP contribution in [0, 0.1) is 0 Å². The van der Waals surface area contributed by atoms with E-state index in [2.05, 4.69) is 10.6 Å². The van der Waals surface area contributed by atoms with Crippen molar-refractivity contribution >= 4 is 29.1 Å². The molecule has 26 heavy (non-hydrogen) atoms. The molecule has 1 atom stereocenters. The molecule has 2 amide bonds. The van der Waals surface area contributed by atoms with Gasteiger partial charge in [-0.1, -0.05) is 54.9 Å². The lowest BCUT2D eigenvalue weighted by atomic mass is 10.1. The Balaban J connectivity index is 1.77. The Morgan fingerprint density at radius 1 is 1.00 bits per heavy atom. The van der Waals surface area contributed by atoms with Crippen molar-refractivity contribution in [2.45, 2.75) is 19.9 Å². The van der Waals surface area contributed by atoms with E-state index in [0.717, 1.165) is 28.1 Å². The van der Waals surface area contributed by atoms with Crippen LogP contribution in [-0.4, -0.2) is 32.0 Å². The molecule has 2 rings (SSSR count). The molecule has 0 spiro atoms. The topological polar surface area (TPSA) is 62.6 Å². The Labute approximate surface area is 159 Å². The largest absolute Gasteiger partial charge is 0.342 e. The third-order valence-corrected chi connectivity index (χ3v) is 4.40. The Hall–Kier alpha value is -2.37. The molecule has 0 saturated heterocycles. The highest BCUT2D eigenvalue weighted by molar-refractivity contribution is 6.31. The lowest BCUT2D eigenvalue weighted by Gasteiger charge is -2.15. The number of likely N-dealkylation sites (N-methyl/N-ethyl adjacent to an activating group) is 1. The first-order valence-electron chi connectivity index (χ1n) is 8.68. The number of amides is 2. The van der Waals surface area contributed by atoms with Gasteiger partial charge in [-0.15, -0.1) is 0 Å². The predicted molar refractivity (Wildman–Crippen MR) is 104 cm³/mol. The van der Waals surface area contributed by atoms with Crippen LogP contribution in [0.25, 0.3) is 0 Å². The molecule has 2 aromatic carbocycles. The summed E-state index contributed by atoms with van der Waals surface area (Å²) >= 11 is 6.14. The number of nitrogens with one attached hydrogen (secondary N) is 3. The molecule has 0 bridgehead atoms. The molecule has 0 heterocycles. The molecular weight excluding hydrogens is 350 g/mol. The highest BCUT2D eigenvalue weighted by atomic mass is 35.5. The quantitative estimate of drug-likeness (QED) is 0.658. The molecule has 0 saturated carbocycles. The summed E-state index contributed by atoms with van der Waals surface area (Å²) in [6.45, 7) is 2.90. The average Bonchev–Trinajstić information content (AvgIpc) is 2.62. The van der Waals surface area contributed by atoms with Crippen LogP contribution in [0.2, 0.25) is 5.02 Å². The minimum atomic E-state index is -0.233. The lowest BCUT2D eigenvalue weighted by molar-refractivity contribution is -0.885. The summed E-state index contributed by atoms with van der Waals surface area (Å²) in [6, 6.07) is 15.2. The molecule has 1 unspecified atom stereocenters. The lowest BCUT2D eigenvalue weighted by Crippen LogP contribution is -3.08. The summed E-state index contributed by atoms with van der Waals surface area (Å²) in [7, 11) is 1.92. The summed E-state index contributed by atoms with van der Waals surface area (Å²) in [5.74, 6) is -0.406. The number of aryl methyl sites for hydroxylation is 1. The first-order valence-corrected chi connectivity index (χ1v) is 9.06. The van der Waals surface area contributed by atoms with Gasteiger partial charge in [0.2, 0.25) is 5.91 Å². The van der Waals surface area contributed by atoms with Gasteiger partial charge in [0.25, 0.3) is 5.91 Å². The van der Waals surface area contributed by atoms with Gasteiger partial charge in [-0.05, 0) is 24.1 Å². The number of hydrogen-bond acceptors (Lipinski definition) is 2. The monoisotopic (exact) mass is 374 g/mol. The van der Waals surface area contributed by atoms with E-state index in [9.17, 15) is 9.59 Å². The van der Waals surface area contributed by atoms with Gasteiger partial charge in [-0.25, -0.2) is 0 Å². The van der Waals surface area contributed by atoms with E-state index in [1.165, 1.54) is 0 Å². The van der Waals surface area contributed by atoms with Crippen molar-refractivity contribution in [3.05, 3.63) is 64.7 Å². The number of para-hydroxylation sites is 1. The maximum absolute atomic E-state index is 12.1. The van der Waals surface area contributed by atoms with Crippen LogP contribution in [0.5, 0.6) is 0 Å². The smallest absolute Gasteiger partial charge is 0.275 e. The number of hydrogen-bond donors (Lipinski definition) is 3. The van der Waals surface area contributed by atoms with Gasteiger partial charge in [0.1, 0.15) is 6.54 Å². The molecule has 6 heteroatoms. The normalized spacial score (nSPS) is 11.7. The SMILES string of the molecule is CCc1ccccc1NC(=O)CNC(=O)C[NH+](C)Cc1ccccc1Cl. The van der Waals surface area contributed by atoms with Gasteiger partial charge in [0.15, 0.2) is 6.54 Å². The highest BCUT2D eigenvalue weighted by Crippen LogP contribution is 2.15. The number of benzene rings is 2. The van der Waals surface area contributed by atoms with Crippen LogP contribution in [0.4, 0.5) is 5.69 Å². The van der Waals surface area contributed by atoms with Crippen LogP contribution in [0.1, 0.15) is 18.1 Å². The van der Waals surface area contributed by atoms with Crippen molar-refractivity contribution in [3.8, 4) is 0 Å². The first kappa shape index (κ1) is 19.9. The second kappa shape index (κ2) is 9.94. The molecule has 138 valence electrons. The number of anilines is 1. The maximum atomic E-state index is 12.1. The fourth-order valence-corrected chi connectivity index (χ4v) is 2.89. The molecule has 2 aromatic rings. The average molecular weight is 375 g/mol. The zero-order valence-electron chi connectivity index (χ0n) is 15.1. The standard InChI is InChI=1S/C20H24ClN3O2/c1-3-15-8-5-7-11-18(15)23-19(25)12-22-20(26)14-24(2)13-16-9-4-6-10-17(16)21/h4-11H,3,12-14H2,1-2H3,(H,22,26)(H,23,25)/p+1. The van der Waals surface area contributed by atoms with E-state index in [0.29, 0.717) is 11.6 Å². The molecule has 0 aliphatic rings. The second-order valence-corrected chi connectivity index (χ2v) is 6.64. The molecule has 5 nitrogen and oxygen atoms in total. The molecular formula is C20H25ClN3O2+. The fourth-order valence-electron chi connectivity index (χ4n) is 2.69. The summed E-state index contributed by atoms with van der Waals surface area (Å²) in [4.78, 5) is 25.1. The van der Waals surface area contributed by atoms with Crippen molar-refractivity contribution in [1.29, 1.82) is 0 Å². The number of halogens is 1. The van der Waals surface area contributed by atoms with E-state index in [-0.39, 0.29) is 24.9 Å². The minimum absolute atomic E-state index is 0.0454. The van der Waals surface area contributed by atoms with Crippen molar-refractivity contribution in [2.75, 3.05) is 25.5 Å². The van der Waals surface area contributed by atoms with Crippen LogP contribution in [0.15, 0.2) is 48.5 Å². The third-order valence-electron chi connectivity index (χ3n) is 4.03. The molecule has 0 aliphatic carbocycles. The van der Waals surface area contributed by atoms with E-state index < -0.39 is 0 Å². The van der Waals surface area contributed by atoms with Crippen molar-refractivity contribution in [3.63, 3.8) is 0 Å². The van der Waals surface area contributed by atoms with Crippen molar-refractivity contribution in [1.82, 2.24) is 5.32 Å². The Morgan fingerprint density at radius 3 is 2.35 bits per heavy atom. The number of quaternary nitrogens is 1. The minimum Gasteiger partial charge on any atom is -0.342 e. The number of rotatable bonds is 8. The van der Waals surface area contributed by atoms with Gasteiger partial charge in [0.05, 0.1) is 13.6 Å². The van der Waals surface area contributed by atoms with E-state index in [4.69, 9.17) is 11.6 Å². The fraction of sp³-hybridized carbons (Fsp3) is 0.300. The van der Waals surface area contributed by atoms with E-state index >= 15 is 0 Å². The third kappa shape index (κ3) is 6.17. The highest BCUT2D eigenvalue weighted by Gasteiger charge is 2.13. The number of carbonyl (C=O) groups is 2. The van der Waals surface area contributed by atoms with Crippen LogP contribution >= 0.6 is 11.6 Å². The summed E-state index contributed by atoms with van der Waals surface area (Å²) in [6.07, 6.45) is 0.832. The maximum Gasteiger partial charge on any atom is 0.275 e. The number of carbonyl (C=O) groups excluding carboxylic acids is 2. The van der Waals surface area contributed by atoms with E-state index in [1.54, 1.807) is 0 Å². The van der Waals surface area contributed by atoms with Crippen LogP contribution in [0.3, 0.4) is 0 Å². The first-order chi connectivity index (χ1) is 12.5. The molecule has 3 N–H and O–H groups in total. The van der Waals surface area contributed by atoms with Crippen molar-refractivity contribution in [2.24, 2.45) is 0 Å². The Morgan fingerprint density at radius 2 is 1.65 bits per heavy atom. The van der Waals surface area contributed by atoms with Crippen molar-refractivity contribution < 1.29 is 14.5 Å². The Kier molecular flexibility index (Phi) is 7.63. The van der Waals surface area contributed by atoms with E-state index in [1.807, 2.05) is 62.5 Å². The zero-order valence-corrected chi connectivity index (χ0v) is 15.9. The molecule has 0 aromatic heterocycles. The summed E-state index contributed by atoms with van der Waals surface area (Å²) in [5, 5.41) is 6.20.